The van der Waals surface area contributed by atoms with Gasteiger partial charge in [-0.25, -0.2) is 0 Å². The van der Waals surface area contributed by atoms with Crippen LogP contribution in [0.5, 0.6) is 5.88 Å². The monoisotopic (exact) mass is 335 g/mol. The van der Waals surface area contributed by atoms with Crippen molar-refractivity contribution in [2.75, 3.05) is 5.32 Å². The zero-order chi connectivity index (χ0) is 17.0. The molecule has 1 aromatic heterocycles. The summed E-state index contributed by atoms with van der Waals surface area (Å²) >= 11 is 4.68. The van der Waals surface area contributed by atoms with E-state index in [2.05, 4.69) is 38.5 Å². The molecule has 120 valence electrons. The Morgan fingerprint density at radius 2 is 1.91 bits per heavy atom. The molecule has 1 heterocycles. The molecule has 0 aliphatic carbocycles. The van der Waals surface area contributed by atoms with Crippen LogP contribution in [0.3, 0.4) is 0 Å². The summed E-state index contributed by atoms with van der Waals surface area (Å²) in [5.41, 5.74) is 4.13. The lowest BCUT2D eigenvalue weighted by Crippen LogP contribution is -2.42. The highest BCUT2D eigenvalue weighted by Gasteiger charge is 2.17. The number of carbonyl (C=O) groups is 1. The van der Waals surface area contributed by atoms with Gasteiger partial charge in [0.1, 0.15) is 5.84 Å². The first-order chi connectivity index (χ1) is 10.9. The Balaban J connectivity index is 2.20. The van der Waals surface area contributed by atoms with Gasteiger partial charge < -0.3 is 15.4 Å². The number of amidine groups is 1. The van der Waals surface area contributed by atoms with Crippen molar-refractivity contribution in [3.05, 3.63) is 50.5 Å². The van der Waals surface area contributed by atoms with Gasteiger partial charge in [-0.1, -0.05) is 0 Å². The molecule has 0 radical (unpaired) electrons. The molecule has 0 fully saturated rings. The molecule has 23 heavy (non-hydrogen) atoms. The van der Waals surface area contributed by atoms with Crippen molar-refractivity contribution in [3.8, 4) is 5.88 Å². The molecular weight excluding hydrogens is 322 g/mol. The quantitative estimate of drug-likeness (QED) is 0.124. The molecule has 0 saturated carbocycles. The highest BCUT2D eigenvalue weighted by Crippen LogP contribution is 2.13. The van der Waals surface area contributed by atoms with Gasteiger partial charge in [0.25, 0.3) is 11.5 Å². The minimum absolute atomic E-state index is 0.0371. The molecule has 2 aromatic rings. The second-order valence-corrected chi connectivity index (χ2v) is 4.72. The van der Waals surface area contributed by atoms with Gasteiger partial charge in [-0.05, 0) is 36.5 Å². The molecule has 0 spiro atoms. The Labute approximate surface area is 134 Å². The Morgan fingerprint density at radius 1 is 1.26 bits per heavy atom. The maximum Gasteiger partial charge on any atom is 0.268 e. The molecule has 0 unspecified atom stereocenters. The number of amides is 1. The summed E-state index contributed by atoms with van der Waals surface area (Å²) < 4.78 is -0.0899. The number of aromatic amines is 2. The Hall–Kier alpha value is -3.02. The number of benzene rings is 1. The Kier molecular flexibility index (Phi) is 4.85. The van der Waals surface area contributed by atoms with E-state index < -0.39 is 22.9 Å². The van der Waals surface area contributed by atoms with E-state index in [4.69, 9.17) is 11.3 Å². The average Bonchev–Trinajstić information content (AvgIpc) is 2.47. The lowest BCUT2D eigenvalue weighted by atomic mass is 10.2. The molecule has 0 atom stereocenters. The van der Waals surface area contributed by atoms with Crippen molar-refractivity contribution >= 4 is 29.6 Å². The number of hydrogen-bond acceptors (Lipinski definition) is 7. The maximum absolute atomic E-state index is 12.1. The third-order valence-electron chi connectivity index (χ3n) is 2.78. The highest BCUT2D eigenvalue weighted by atomic mass is 32.1. The van der Waals surface area contributed by atoms with Gasteiger partial charge in [0.05, 0.1) is 0 Å². The third kappa shape index (κ3) is 3.79. The highest BCUT2D eigenvalue weighted by molar-refractivity contribution is 7.71. The SMILES string of the molecule is N=C(NNN)c1ccc(NC(=O)c2c(O)[nH]c(=S)[nH]c2=O)cc1. The van der Waals surface area contributed by atoms with Crippen LogP contribution in [0.4, 0.5) is 5.69 Å². The number of hydrogen-bond donors (Lipinski definition) is 8. The number of anilines is 1. The van der Waals surface area contributed by atoms with Gasteiger partial charge in [-0.2, -0.15) is 5.53 Å². The summed E-state index contributed by atoms with van der Waals surface area (Å²) in [4.78, 5) is 28.2. The zero-order valence-electron chi connectivity index (χ0n) is 11.6. The minimum atomic E-state index is -0.806. The lowest BCUT2D eigenvalue weighted by molar-refractivity contribution is 0.102. The first kappa shape index (κ1) is 16.4. The predicted molar refractivity (Wildman–Crippen MR) is 85.6 cm³/mol. The van der Waals surface area contributed by atoms with Gasteiger partial charge in [0, 0.05) is 11.3 Å². The van der Waals surface area contributed by atoms with Crippen molar-refractivity contribution in [1.82, 2.24) is 20.9 Å². The van der Waals surface area contributed by atoms with Crippen molar-refractivity contribution in [2.45, 2.75) is 0 Å². The van der Waals surface area contributed by atoms with Crippen LogP contribution >= 0.6 is 12.2 Å². The van der Waals surface area contributed by atoms with Crippen LogP contribution in [0.1, 0.15) is 15.9 Å². The molecule has 10 nitrogen and oxygen atoms in total. The second kappa shape index (κ2) is 6.83. The van der Waals surface area contributed by atoms with E-state index in [0.717, 1.165) is 0 Å². The Morgan fingerprint density at radius 3 is 2.48 bits per heavy atom. The van der Waals surface area contributed by atoms with Gasteiger partial charge >= 0.3 is 0 Å². The smallest absolute Gasteiger partial charge is 0.268 e. The van der Waals surface area contributed by atoms with Crippen molar-refractivity contribution in [3.63, 3.8) is 0 Å². The number of hydrazine groups is 2. The van der Waals surface area contributed by atoms with Crippen LogP contribution in [-0.2, 0) is 0 Å². The molecule has 0 saturated heterocycles. The number of carbonyl (C=O) groups excluding carboxylic acids is 1. The minimum Gasteiger partial charge on any atom is -0.494 e. The third-order valence-corrected chi connectivity index (χ3v) is 2.98. The van der Waals surface area contributed by atoms with Crippen LogP contribution < -0.4 is 27.7 Å². The summed E-state index contributed by atoms with van der Waals surface area (Å²) in [7, 11) is 0. The largest absolute Gasteiger partial charge is 0.494 e. The van der Waals surface area contributed by atoms with Gasteiger partial charge in [0.15, 0.2) is 10.3 Å². The molecule has 2 rings (SSSR count). The maximum atomic E-state index is 12.1. The summed E-state index contributed by atoms with van der Waals surface area (Å²) in [6, 6.07) is 6.17. The summed E-state index contributed by atoms with van der Waals surface area (Å²) in [5, 5.41) is 19.7. The van der Waals surface area contributed by atoms with Crippen molar-refractivity contribution in [2.24, 2.45) is 5.84 Å². The number of aromatic nitrogens is 2. The van der Waals surface area contributed by atoms with E-state index in [1.807, 2.05) is 0 Å². The fourth-order valence-electron chi connectivity index (χ4n) is 1.74. The van der Waals surface area contributed by atoms with Crippen LogP contribution in [0, 0.1) is 10.2 Å². The van der Waals surface area contributed by atoms with Crippen molar-refractivity contribution in [1.29, 1.82) is 5.41 Å². The first-order valence-electron chi connectivity index (χ1n) is 6.20. The molecule has 1 amide bonds. The van der Waals surface area contributed by atoms with Gasteiger partial charge in [-0.3, -0.25) is 31.3 Å². The number of H-pyrrole nitrogens is 2. The summed E-state index contributed by atoms with van der Waals surface area (Å²) in [5.74, 6) is 3.65. The predicted octanol–water partition coefficient (Wildman–Crippen LogP) is -0.316. The molecule has 11 heteroatoms. The molecule has 0 bridgehead atoms. The standard InChI is InChI=1S/C12H13N7O3S/c13-8(18-19-14)5-1-3-6(4-2-5)15-9(20)7-10(21)16-12(23)17-11(7)22/h1-4,19H,14H2,(H2,13,18)(H,15,20)(H3,16,17,21,22,23). The van der Waals surface area contributed by atoms with E-state index in [-0.39, 0.29) is 10.6 Å². The summed E-state index contributed by atoms with van der Waals surface area (Å²) in [6.07, 6.45) is 0. The van der Waals surface area contributed by atoms with E-state index in [1.165, 1.54) is 12.1 Å². The van der Waals surface area contributed by atoms with Gasteiger partial charge in [-0.15, -0.1) is 0 Å². The number of nitrogens with one attached hydrogen (secondary N) is 6. The molecule has 1 aromatic carbocycles. The van der Waals surface area contributed by atoms with Gasteiger partial charge in [0.2, 0.25) is 5.88 Å². The second-order valence-electron chi connectivity index (χ2n) is 4.31. The molecular formula is C12H13N7O3S. The molecule has 0 aliphatic rings. The van der Waals surface area contributed by atoms with E-state index in [1.54, 1.807) is 12.1 Å². The van der Waals surface area contributed by atoms with E-state index in [0.29, 0.717) is 11.3 Å². The Bertz CT molecular complexity index is 856. The van der Waals surface area contributed by atoms with E-state index >= 15 is 0 Å². The lowest BCUT2D eigenvalue weighted by Gasteiger charge is -2.08. The van der Waals surface area contributed by atoms with Crippen LogP contribution in [-0.4, -0.2) is 26.8 Å². The fourth-order valence-corrected chi connectivity index (χ4v) is 1.93. The first-order valence-corrected chi connectivity index (χ1v) is 6.60. The van der Waals surface area contributed by atoms with Crippen molar-refractivity contribution < 1.29 is 9.90 Å². The van der Waals surface area contributed by atoms with Crippen LogP contribution in [0.15, 0.2) is 29.1 Å². The number of nitrogens with two attached hydrogens (primary N) is 1. The average molecular weight is 335 g/mol. The summed E-state index contributed by atoms with van der Waals surface area (Å²) in [6.45, 7) is 0. The fraction of sp³-hybridized carbons (Fsp3) is 0. The molecule has 0 aliphatic heterocycles. The number of rotatable bonds is 4. The number of aromatic hydroxyl groups is 1. The topological polar surface area (TPSA) is 172 Å². The normalized spacial score (nSPS) is 10.1. The van der Waals surface area contributed by atoms with E-state index in [9.17, 15) is 14.7 Å². The zero-order valence-corrected chi connectivity index (χ0v) is 12.4. The van der Waals surface area contributed by atoms with Crippen LogP contribution in [0.25, 0.3) is 0 Å². The molecule has 9 N–H and O–H groups in total. The van der Waals surface area contributed by atoms with Crippen LogP contribution in [0.2, 0.25) is 0 Å².